The number of H-pyrrole nitrogens is 1. The van der Waals surface area contributed by atoms with Crippen molar-refractivity contribution in [1.82, 2.24) is 14.9 Å². The average molecular weight is 308 g/mol. The van der Waals surface area contributed by atoms with E-state index >= 15 is 0 Å². The first-order chi connectivity index (χ1) is 11.3. The number of rotatable bonds is 2. The summed E-state index contributed by atoms with van der Waals surface area (Å²) in [6, 6.07) is 10.1. The van der Waals surface area contributed by atoms with Crippen molar-refractivity contribution >= 4 is 0 Å². The highest BCUT2D eigenvalue weighted by molar-refractivity contribution is 5.32. The SMILES string of the molecule is N#Cc1ccc(CN2CCc3[nH]cnc3C23CCOCC3)cc1. The van der Waals surface area contributed by atoms with Crippen LogP contribution in [0.5, 0.6) is 0 Å². The minimum Gasteiger partial charge on any atom is -0.381 e. The molecule has 0 amide bonds. The fraction of sp³-hybridized carbons (Fsp3) is 0.444. The first-order valence-corrected chi connectivity index (χ1v) is 8.16. The number of fused-ring (bicyclic) bond motifs is 2. The number of nitrogens with zero attached hydrogens (tertiary/aromatic N) is 3. The second kappa shape index (κ2) is 5.80. The van der Waals surface area contributed by atoms with Crippen molar-refractivity contribution in [3.8, 4) is 6.07 Å². The normalized spacial score (nSPS) is 20.1. The number of aromatic amines is 1. The van der Waals surface area contributed by atoms with Gasteiger partial charge >= 0.3 is 0 Å². The Morgan fingerprint density at radius 2 is 2.04 bits per heavy atom. The molecule has 0 unspecified atom stereocenters. The second-order valence-electron chi connectivity index (χ2n) is 6.35. The Morgan fingerprint density at radius 1 is 1.26 bits per heavy atom. The molecule has 0 bridgehead atoms. The molecule has 1 aromatic heterocycles. The van der Waals surface area contributed by atoms with Crippen molar-refractivity contribution in [3.63, 3.8) is 0 Å². The fourth-order valence-electron chi connectivity index (χ4n) is 3.92. The number of ether oxygens (including phenoxy) is 1. The third-order valence-corrected chi connectivity index (χ3v) is 5.17. The molecule has 5 heteroatoms. The highest BCUT2D eigenvalue weighted by Gasteiger charge is 2.45. The van der Waals surface area contributed by atoms with E-state index in [2.05, 4.69) is 33.1 Å². The second-order valence-corrected chi connectivity index (χ2v) is 6.35. The molecule has 2 aliphatic heterocycles. The summed E-state index contributed by atoms with van der Waals surface area (Å²) in [5.74, 6) is 0. The third kappa shape index (κ3) is 2.44. The first-order valence-electron chi connectivity index (χ1n) is 8.16. The summed E-state index contributed by atoms with van der Waals surface area (Å²) in [7, 11) is 0. The molecule has 0 atom stereocenters. The van der Waals surface area contributed by atoms with Crippen molar-refractivity contribution in [2.45, 2.75) is 31.3 Å². The van der Waals surface area contributed by atoms with Crippen LogP contribution in [0.2, 0.25) is 0 Å². The lowest BCUT2D eigenvalue weighted by Crippen LogP contribution is -2.53. The van der Waals surface area contributed by atoms with Crippen LogP contribution in [-0.4, -0.2) is 34.6 Å². The van der Waals surface area contributed by atoms with Gasteiger partial charge in [0.2, 0.25) is 0 Å². The Labute approximate surface area is 135 Å². The number of nitriles is 1. The van der Waals surface area contributed by atoms with Crippen LogP contribution >= 0.6 is 0 Å². The number of aromatic nitrogens is 2. The van der Waals surface area contributed by atoms with Gasteiger partial charge in [-0.1, -0.05) is 12.1 Å². The van der Waals surface area contributed by atoms with E-state index in [1.165, 1.54) is 17.0 Å². The van der Waals surface area contributed by atoms with Gasteiger partial charge in [0, 0.05) is 38.4 Å². The van der Waals surface area contributed by atoms with Crippen LogP contribution in [0.4, 0.5) is 0 Å². The molecular formula is C18H20N4O. The smallest absolute Gasteiger partial charge is 0.0991 e. The molecule has 118 valence electrons. The molecule has 2 aromatic rings. The molecule has 1 spiro atoms. The predicted octanol–water partition coefficient (Wildman–Crippen LogP) is 2.35. The minimum absolute atomic E-state index is 0.0142. The maximum absolute atomic E-state index is 8.95. The van der Waals surface area contributed by atoms with Crippen molar-refractivity contribution in [3.05, 3.63) is 53.1 Å². The van der Waals surface area contributed by atoms with Gasteiger partial charge in [-0.3, -0.25) is 4.90 Å². The van der Waals surface area contributed by atoms with Crippen LogP contribution in [0.3, 0.4) is 0 Å². The van der Waals surface area contributed by atoms with Crippen LogP contribution < -0.4 is 0 Å². The van der Waals surface area contributed by atoms with Crippen LogP contribution in [-0.2, 0) is 23.2 Å². The Kier molecular flexibility index (Phi) is 3.64. The lowest BCUT2D eigenvalue weighted by molar-refractivity contribution is -0.0450. The van der Waals surface area contributed by atoms with Crippen LogP contribution in [0.25, 0.3) is 0 Å². The molecule has 0 saturated carbocycles. The topological polar surface area (TPSA) is 64.9 Å². The Bertz CT molecular complexity index is 722. The summed E-state index contributed by atoms with van der Waals surface area (Å²) in [6.07, 6.45) is 4.81. The van der Waals surface area contributed by atoms with E-state index in [0.29, 0.717) is 5.56 Å². The zero-order chi connectivity index (χ0) is 15.7. The van der Waals surface area contributed by atoms with E-state index in [9.17, 15) is 0 Å². The third-order valence-electron chi connectivity index (χ3n) is 5.17. The van der Waals surface area contributed by atoms with E-state index in [-0.39, 0.29) is 5.54 Å². The average Bonchev–Trinajstić information content (AvgIpc) is 3.09. The fourth-order valence-corrected chi connectivity index (χ4v) is 3.92. The molecule has 1 fully saturated rings. The zero-order valence-electron chi connectivity index (χ0n) is 13.1. The van der Waals surface area contributed by atoms with Crippen LogP contribution in [0.1, 0.15) is 35.4 Å². The van der Waals surface area contributed by atoms with Crippen molar-refractivity contribution in [2.75, 3.05) is 19.8 Å². The lowest BCUT2D eigenvalue weighted by atomic mass is 9.80. The van der Waals surface area contributed by atoms with Gasteiger partial charge in [0.25, 0.3) is 0 Å². The predicted molar refractivity (Wildman–Crippen MR) is 85.6 cm³/mol. The van der Waals surface area contributed by atoms with Crippen molar-refractivity contribution in [1.29, 1.82) is 5.26 Å². The Balaban J connectivity index is 1.65. The van der Waals surface area contributed by atoms with Crippen molar-refractivity contribution in [2.24, 2.45) is 0 Å². The van der Waals surface area contributed by atoms with Gasteiger partial charge in [-0.25, -0.2) is 4.98 Å². The molecule has 5 nitrogen and oxygen atoms in total. The van der Waals surface area contributed by atoms with E-state index in [4.69, 9.17) is 10.00 Å². The summed E-state index contributed by atoms with van der Waals surface area (Å²) in [5, 5.41) is 8.95. The van der Waals surface area contributed by atoms with Gasteiger partial charge in [0.1, 0.15) is 0 Å². The highest BCUT2D eigenvalue weighted by atomic mass is 16.5. The highest BCUT2D eigenvalue weighted by Crippen LogP contribution is 2.42. The number of hydrogen-bond acceptors (Lipinski definition) is 4. The largest absolute Gasteiger partial charge is 0.381 e. The van der Waals surface area contributed by atoms with Crippen LogP contribution in [0.15, 0.2) is 30.6 Å². The molecule has 1 saturated heterocycles. The van der Waals surface area contributed by atoms with E-state index in [1.807, 2.05) is 18.5 Å². The molecule has 3 heterocycles. The summed E-state index contributed by atoms with van der Waals surface area (Å²) in [5.41, 5.74) is 4.43. The summed E-state index contributed by atoms with van der Waals surface area (Å²) in [6.45, 7) is 3.49. The quantitative estimate of drug-likeness (QED) is 0.925. The number of imidazole rings is 1. The molecular weight excluding hydrogens is 288 g/mol. The summed E-state index contributed by atoms with van der Waals surface area (Å²) >= 11 is 0. The zero-order valence-corrected chi connectivity index (χ0v) is 13.1. The monoisotopic (exact) mass is 308 g/mol. The molecule has 2 aliphatic rings. The lowest BCUT2D eigenvalue weighted by Gasteiger charge is -2.48. The molecule has 0 radical (unpaired) electrons. The molecule has 0 aliphatic carbocycles. The van der Waals surface area contributed by atoms with Crippen molar-refractivity contribution < 1.29 is 4.74 Å². The van der Waals surface area contributed by atoms with Gasteiger partial charge in [0.05, 0.1) is 29.2 Å². The minimum atomic E-state index is -0.0142. The van der Waals surface area contributed by atoms with Gasteiger partial charge in [-0.2, -0.15) is 5.26 Å². The van der Waals surface area contributed by atoms with E-state index in [1.54, 1.807) is 0 Å². The Hall–Kier alpha value is -2.16. The molecule has 23 heavy (non-hydrogen) atoms. The van der Waals surface area contributed by atoms with Gasteiger partial charge in [-0.05, 0) is 30.5 Å². The number of nitrogens with one attached hydrogen (secondary N) is 1. The summed E-state index contributed by atoms with van der Waals surface area (Å²) < 4.78 is 5.62. The maximum Gasteiger partial charge on any atom is 0.0991 e. The maximum atomic E-state index is 8.95. The molecule has 4 rings (SSSR count). The first kappa shape index (κ1) is 14.4. The molecule has 1 N–H and O–H groups in total. The van der Waals surface area contributed by atoms with E-state index in [0.717, 1.165) is 45.6 Å². The number of benzene rings is 1. The standard InChI is InChI=1S/C18H20N4O/c19-11-14-1-3-15(4-2-14)12-22-8-5-16-17(21-13-20-16)18(22)6-9-23-10-7-18/h1-4,13H,5-10,12H2,(H,20,21). The van der Waals surface area contributed by atoms with E-state index < -0.39 is 0 Å². The Morgan fingerprint density at radius 3 is 2.78 bits per heavy atom. The molecule has 1 aromatic carbocycles. The van der Waals surface area contributed by atoms with Gasteiger partial charge in [-0.15, -0.1) is 0 Å². The van der Waals surface area contributed by atoms with Crippen LogP contribution in [0, 0.1) is 11.3 Å². The van der Waals surface area contributed by atoms with Gasteiger partial charge < -0.3 is 9.72 Å². The summed E-state index contributed by atoms with van der Waals surface area (Å²) in [4.78, 5) is 10.5. The van der Waals surface area contributed by atoms with Gasteiger partial charge in [0.15, 0.2) is 0 Å². The number of hydrogen-bond donors (Lipinski definition) is 1.